The lowest BCUT2D eigenvalue weighted by molar-refractivity contribution is 0.601. The molecule has 0 aliphatic carbocycles. The number of nitrogens with two attached hydrogens (primary N) is 1. The Kier molecular flexibility index (Phi) is 3.35. The highest BCUT2D eigenvalue weighted by Crippen LogP contribution is 2.22. The zero-order chi connectivity index (χ0) is 12.5. The Hall–Kier alpha value is -1.14. The van der Waals surface area contributed by atoms with Crippen LogP contribution in [0.25, 0.3) is 0 Å². The molecule has 0 aromatic carbocycles. The number of pyridine rings is 1. The monoisotopic (exact) mass is 255 g/mol. The molecular weight excluding hydrogens is 238 g/mol. The lowest BCUT2D eigenvalue weighted by Gasteiger charge is -2.25. The summed E-state index contributed by atoms with van der Waals surface area (Å²) in [7, 11) is -0.928. The van der Waals surface area contributed by atoms with Crippen LogP contribution in [0.4, 0.5) is 5.69 Å². The molecule has 1 unspecified atom stereocenters. The summed E-state index contributed by atoms with van der Waals surface area (Å²) in [5.41, 5.74) is 7.33. The highest BCUT2D eigenvalue weighted by Gasteiger charge is 2.30. The average Bonchev–Trinajstić information content (AvgIpc) is 2.69. The second-order valence-electron chi connectivity index (χ2n) is 4.38. The standard InChI is InChI=1S/C11H17N3O2S/c1-14(11-3-5-17(15,16)8-11)10-2-4-13-9(6-10)7-12/h2,4,6,11H,3,5,7-8,12H2,1H3. The Morgan fingerprint density at radius 1 is 1.59 bits per heavy atom. The Morgan fingerprint density at radius 3 is 2.94 bits per heavy atom. The first kappa shape index (κ1) is 12.3. The third kappa shape index (κ3) is 2.76. The van der Waals surface area contributed by atoms with Crippen LogP contribution in [0.2, 0.25) is 0 Å². The van der Waals surface area contributed by atoms with E-state index in [2.05, 4.69) is 4.98 Å². The van der Waals surface area contributed by atoms with Crippen LogP contribution in [-0.4, -0.2) is 38.0 Å². The Morgan fingerprint density at radius 2 is 2.35 bits per heavy atom. The maximum absolute atomic E-state index is 11.4. The molecule has 1 aliphatic rings. The molecule has 0 bridgehead atoms. The normalized spacial score (nSPS) is 22.6. The largest absolute Gasteiger partial charge is 0.370 e. The molecule has 1 aromatic rings. The summed E-state index contributed by atoms with van der Waals surface area (Å²) in [6.07, 6.45) is 2.40. The predicted octanol–water partition coefficient (Wildman–Crippen LogP) is 0.164. The minimum Gasteiger partial charge on any atom is -0.370 e. The zero-order valence-electron chi connectivity index (χ0n) is 9.83. The molecule has 1 aliphatic heterocycles. The van der Waals surface area contributed by atoms with E-state index in [-0.39, 0.29) is 17.5 Å². The molecule has 1 aromatic heterocycles. The number of anilines is 1. The van der Waals surface area contributed by atoms with Crippen molar-refractivity contribution in [1.29, 1.82) is 0 Å². The van der Waals surface area contributed by atoms with E-state index in [0.29, 0.717) is 13.0 Å². The van der Waals surface area contributed by atoms with Gasteiger partial charge in [-0.1, -0.05) is 0 Å². The summed E-state index contributed by atoms with van der Waals surface area (Å²) in [6, 6.07) is 3.85. The van der Waals surface area contributed by atoms with E-state index in [0.717, 1.165) is 11.4 Å². The average molecular weight is 255 g/mol. The fourth-order valence-electron chi connectivity index (χ4n) is 2.09. The van der Waals surface area contributed by atoms with Crippen LogP contribution in [-0.2, 0) is 16.4 Å². The molecule has 0 spiro atoms. The fourth-order valence-corrected chi connectivity index (χ4v) is 3.86. The van der Waals surface area contributed by atoms with Gasteiger partial charge in [-0.15, -0.1) is 0 Å². The summed E-state index contributed by atoms with van der Waals surface area (Å²) < 4.78 is 22.9. The molecule has 1 fully saturated rings. The second-order valence-corrected chi connectivity index (χ2v) is 6.61. The molecule has 0 saturated carbocycles. The van der Waals surface area contributed by atoms with Crippen molar-refractivity contribution in [2.24, 2.45) is 5.73 Å². The molecule has 0 radical (unpaired) electrons. The highest BCUT2D eigenvalue weighted by atomic mass is 32.2. The predicted molar refractivity (Wildman–Crippen MR) is 67.6 cm³/mol. The molecule has 5 nitrogen and oxygen atoms in total. The lowest BCUT2D eigenvalue weighted by atomic mass is 10.2. The summed E-state index contributed by atoms with van der Waals surface area (Å²) in [4.78, 5) is 6.13. The number of nitrogens with zero attached hydrogens (tertiary/aromatic N) is 2. The van der Waals surface area contributed by atoms with Crippen LogP contribution < -0.4 is 10.6 Å². The third-order valence-corrected chi connectivity index (χ3v) is 4.92. The quantitative estimate of drug-likeness (QED) is 0.833. The number of rotatable bonds is 3. The van der Waals surface area contributed by atoms with E-state index in [1.54, 1.807) is 6.20 Å². The van der Waals surface area contributed by atoms with Crippen molar-refractivity contribution >= 4 is 15.5 Å². The van der Waals surface area contributed by atoms with Crippen molar-refractivity contribution in [3.8, 4) is 0 Å². The lowest BCUT2D eigenvalue weighted by Crippen LogP contribution is -2.32. The van der Waals surface area contributed by atoms with E-state index >= 15 is 0 Å². The van der Waals surface area contributed by atoms with E-state index in [1.165, 1.54) is 0 Å². The van der Waals surface area contributed by atoms with Crippen molar-refractivity contribution < 1.29 is 8.42 Å². The first-order valence-electron chi connectivity index (χ1n) is 5.60. The molecule has 2 heterocycles. The maximum atomic E-state index is 11.4. The Balaban J connectivity index is 2.17. The van der Waals surface area contributed by atoms with Gasteiger partial charge in [0.1, 0.15) is 0 Å². The Bertz CT molecular complexity index is 501. The molecule has 2 rings (SSSR count). The van der Waals surface area contributed by atoms with E-state index in [9.17, 15) is 8.42 Å². The van der Waals surface area contributed by atoms with E-state index in [4.69, 9.17) is 5.73 Å². The molecule has 94 valence electrons. The van der Waals surface area contributed by atoms with Gasteiger partial charge in [-0.2, -0.15) is 0 Å². The van der Waals surface area contributed by atoms with E-state index < -0.39 is 9.84 Å². The number of hydrogen-bond donors (Lipinski definition) is 1. The second kappa shape index (κ2) is 4.62. The van der Waals surface area contributed by atoms with Gasteiger partial charge >= 0.3 is 0 Å². The van der Waals surface area contributed by atoms with Crippen LogP contribution in [0.5, 0.6) is 0 Å². The van der Waals surface area contributed by atoms with Gasteiger partial charge in [0.25, 0.3) is 0 Å². The van der Waals surface area contributed by atoms with Crippen molar-refractivity contribution in [1.82, 2.24) is 4.98 Å². The molecule has 17 heavy (non-hydrogen) atoms. The summed E-state index contributed by atoms with van der Waals surface area (Å²) in [5.74, 6) is 0.528. The van der Waals surface area contributed by atoms with Gasteiger partial charge in [0.05, 0.1) is 17.2 Å². The van der Waals surface area contributed by atoms with Gasteiger partial charge in [-0.25, -0.2) is 8.42 Å². The first-order valence-corrected chi connectivity index (χ1v) is 7.42. The van der Waals surface area contributed by atoms with Crippen LogP contribution in [0.3, 0.4) is 0 Å². The smallest absolute Gasteiger partial charge is 0.152 e. The van der Waals surface area contributed by atoms with Gasteiger partial charge in [-0.05, 0) is 18.6 Å². The van der Waals surface area contributed by atoms with Gasteiger partial charge in [0.15, 0.2) is 9.84 Å². The molecule has 1 atom stereocenters. The van der Waals surface area contributed by atoms with Gasteiger partial charge in [-0.3, -0.25) is 4.98 Å². The molecular formula is C11H17N3O2S. The van der Waals surface area contributed by atoms with Crippen molar-refractivity contribution in [3.63, 3.8) is 0 Å². The maximum Gasteiger partial charge on any atom is 0.152 e. The molecule has 0 amide bonds. The van der Waals surface area contributed by atoms with Crippen molar-refractivity contribution in [3.05, 3.63) is 24.0 Å². The highest BCUT2D eigenvalue weighted by molar-refractivity contribution is 7.91. The third-order valence-electron chi connectivity index (χ3n) is 3.17. The SMILES string of the molecule is CN(c1ccnc(CN)c1)C1CCS(=O)(=O)C1. The topological polar surface area (TPSA) is 76.3 Å². The van der Waals surface area contributed by atoms with Gasteiger partial charge < -0.3 is 10.6 Å². The van der Waals surface area contributed by atoms with E-state index in [1.807, 2.05) is 24.1 Å². The number of sulfone groups is 1. The van der Waals surface area contributed by atoms with Crippen molar-refractivity contribution in [2.75, 3.05) is 23.5 Å². The summed E-state index contributed by atoms with van der Waals surface area (Å²) >= 11 is 0. The van der Waals surface area contributed by atoms with Crippen LogP contribution >= 0.6 is 0 Å². The fraction of sp³-hybridized carbons (Fsp3) is 0.545. The van der Waals surface area contributed by atoms with Crippen molar-refractivity contribution in [2.45, 2.75) is 19.0 Å². The molecule has 2 N–H and O–H groups in total. The minimum absolute atomic E-state index is 0.0630. The van der Waals surface area contributed by atoms with Crippen LogP contribution in [0.15, 0.2) is 18.3 Å². The van der Waals surface area contributed by atoms with Crippen LogP contribution in [0, 0.1) is 0 Å². The van der Waals surface area contributed by atoms with Gasteiger partial charge in [0.2, 0.25) is 0 Å². The molecule has 6 heteroatoms. The zero-order valence-corrected chi connectivity index (χ0v) is 10.7. The summed E-state index contributed by atoms with van der Waals surface area (Å²) in [6.45, 7) is 0.393. The summed E-state index contributed by atoms with van der Waals surface area (Å²) in [5, 5.41) is 0. The molecule has 1 saturated heterocycles. The van der Waals surface area contributed by atoms with Crippen LogP contribution in [0.1, 0.15) is 12.1 Å². The minimum atomic E-state index is -2.85. The number of hydrogen-bond acceptors (Lipinski definition) is 5. The Labute approximate surface area is 102 Å². The van der Waals surface area contributed by atoms with Gasteiger partial charge in [0, 0.05) is 31.5 Å². The number of aromatic nitrogens is 1. The first-order chi connectivity index (χ1) is 8.02.